The van der Waals surface area contributed by atoms with E-state index in [4.69, 9.17) is 4.74 Å². The third-order valence-electron chi connectivity index (χ3n) is 4.63. The molecular weight excluding hydrogens is 552 g/mol. The van der Waals surface area contributed by atoms with Crippen molar-refractivity contribution in [3.8, 4) is 5.75 Å². The van der Waals surface area contributed by atoms with Gasteiger partial charge < -0.3 is 9.84 Å². The number of hydrogen-bond acceptors (Lipinski definition) is 2. The molecule has 1 aromatic rings. The molecule has 1 atom stereocenters. The van der Waals surface area contributed by atoms with Gasteiger partial charge in [0.15, 0.2) is 5.60 Å². The Labute approximate surface area is 190 Å². The number of hydrogen-bond donors (Lipinski definition) is 1. The lowest BCUT2D eigenvalue weighted by Crippen LogP contribution is -2.70. The maximum Gasteiger partial charge on any atom is 0.460 e. The number of aliphatic hydroxyl groups is 1. The van der Waals surface area contributed by atoms with Crippen LogP contribution in [0.5, 0.6) is 5.75 Å². The van der Waals surface area contributed by atoms with Gasteiger partial charge in [-0.15, -0.1) is 0 Å². The van der Waals surface area contributed by atoms with E-state index in [1.54, 1.807) is 0 Å². The monoisotopic (exact) mass is 566 g/mol. The average molecular weight is 566 g/mol. The molecule has 2 nitrogen and oxygen atoms in total. The molecule has 1 N–H and O–H groups in total. The molecule has 210 valence electrons. The first-order valence-electron chi connectivity index (χ1n) is 9.12. The van der Waals surface area contributed by atoms with E-state index in [9.17, 15) is 75.4 Å². The summed E-state index contributed by atoms with van der Waals surface area (Å²) < 4.78 is 218. The fraction of sp³-hybridized carbons (Fsp3) is 0.667. The molecule has 0 amide bonds. The zero-order valence-electron chi connectivity index (χ0n) is 17.5. The van der Waals surface area contributed by atoms with Gasteiger partial charge in [0.25, 0.3) is 0 Å². The summed E-state index contributed by atoms with van der Waals surface area (Å²) in [5, 5.41) is 9.88. The molecule has 0 aliphatic rings. The SMILES string of the molecule is CC(C)Oc1cccc(C(O)(CC(F)(F)C(F)(F)C(F)(F)C(F)(F)C(F)(F)C(F)(F)F)C(F)(F)F)c1. The van der Waals surface area contributed by atoms with E-state index in [1.807, 2.05) is 0 Å². The van der Waals surface area contributed by atoms with Crippen LogP contribution in [0.15, 0.2) is 24.3 Å². The minimum atomic E-state index is -8.29. The molecule has 0 heterocycles. The van der Waals surface area contributed by atoms with E-state index in [1.165, 1.54) is 13.8 Å². The van der Waals surface area contributed by atoms with Gasteiger partial charge in [0.2, 0.25) is 0 Å². The topological polar surface area (TPSA) is 29.5 Å². The minimum absolute atomic E-state index is 0.145. The molecule has 0 aliphatic heterocycles. The van der Waals surface area contributed by atoms with Crippen molar-refractivity contribution in [3.05, 3.63) is 29.8 Å². The summed E-state index contributed by atoms with van der Waals surface area (Å²) in [5.41, 5.74) is -7.01. The summed E-state index contributed by atoms with van der Waals surface area (Å²) in [6, 6.07) is 1.78. The molecule has 1 aromatic carbocycles. The van der Waals surface area contributed by atoms with Gasteiger partial charge in [0.05, 0.1) is 12.5 Å². The van der Waals surface area contributed by atoms with Crippen LogP contribution in [0.25, 0.3) is 0 Å². The smallest absolute Gasteiger partial charge is 0.460 e. The Balaban J connectivity index is 3.69. The molecule has 0 fully saturated rings. The quantitative estimate of drug-likeness (QED) is 0.317. The second kappa shape index (κ2) is 9.01. The maximum atomic E-state index is 14.2. The highest BCUT2D eigenvalue weighted by Gasteiger charge is 2.91. The molecule has 0 spiro atoms. The van der Waals surface area contributed by atoms with E-state index in [0.717, 1.165) is 6.07 Å². The highest BCUT2D eigenvalue weighted by molar-refractivity contribution is 5.34. The number of benzene rings is 1. The van der Waals surface area contributed by atoms with E-state index < -0.39 is 71.4 Å². The van der Waals surface area contributed by atoms with Gasteiger partial charge in [-0.2, -0.15) is 70.2 Å². The number of halogens is 16. The zero-order chi connectivity index (χ0) is 29.0. The van der Waals surface area contributed by atoms with Crippen LogP contribution in [0.3, 0.4) is 0 Å². The number of ether oxygens (including phenoxy) is 1. The third-order valence-corrected chi connectivity index (χ3v) is 4.63. The average Bonchev–Trinajstić information content (AvgIpc) is 2.64. The Hall–Kier alpha value is -2.14. The van der Waals surface area contributed by atoms with Gasteiger partial charge in [-0.1, -0.05) is 12.1 Å². The molecule has 1 unspecified atom stereocenters. The van der Waals surface area contributed by atoms with Crippen LogP contribution in [0.4, 0.5) is 70.2 Å². The Morgan fingerprint density at radius 1 is 0.667 bits per heavy atom. The van der Waals surface area contributed by atoms with E-state index in [0.29, 0.717) is 6.07 Å². The Kier molecular flexibility index (Phi) is 7.98. The molecule has 36 heavy (non-hydrogen) atoms. The van der Waals surface area contributed by atoms with Crippen LogP contribution >= 0.6 is 0 Å². The molecule has 18 heteroatoms. The fourth-order valence-electron chi connectivity index (χ4n) is 2.70. The van der Waals surface area contributed by atoms with Crippen LogP contribution in [0.1, 0.15) is 25.8 Å². The third kappa shape index (κ3) is 5.01. The predicted molar refractivity (Wildman–Crippen MR) is 87.6 cm³/mol. The lowest BCUT2D eigenvalue weighted by Gasteiger charge is -2.42. The maximum absolute atomic E-state index is 14.2. The van der Waals surface area contributed by atoms with Crippen LogP contribution in [0, 0.1) is 0 Å². The molecule has 0 saturated heterocycles. The molecule has 0 aromatic heterocycles. The largest absolute Gasteiger partial charge is 0.491 e. The lowest BCUT2D eigenvalue weighted by atomic mass is 9.82. The van der Waals surface area contributed by atoms with Crippen molar-refractivity contribution in [2.24, 2.45) is 0 Å². The summed E-state index contributed by atoms with van der Waals surface area (Å²) in [5.74, 6) is -40.4. The van der Waals surface area contributed by atoms with Crippen LogP contribution in [-0.2, 0) is 5.60 Å². The first-order chi connectivity index (χ1) is 15.6. The van der Waals surface area contributed by atoms with E-state index in [-0.39, 0.29) is 12.1 Å². The molecule has 1 rings (SSSR count). The van der Waals surface area contributed by atoms with Gasteiger partial charge in [-0.05, 0) is 31.5 Å². The first kappa shape index (κ1) is 31.9. The summed E-state index contributed by atoms with van der Waals surface area (Å²) in [6.45, 7) is 2.60. The fourth-order valence-corrected chi connectivity index (χ4v) is 2.70. The zero-order valence-corrected chi connectivity index (χ0v) is 17.5. The Bertz CT molecular complexity index is 918. The Morgan fingerprint density at radius 3 is 1.50 bits per heavy atom. The molecule has 0 saturated carbocycles. The molecular formula is C18H14F16O2. The van der Waals surface area contributed by atoms with Gasteiger partial charge in [0.1, 0.15) is 5.75 Å². The van der Waals surface area contributed by atoms with Crippen molar-refractivity contribution in [3.63, 3.8) is 0 Å². The van der Waals surface area contributed by atoms with Gasteiger partial charge in [0, 0.05) is 0 Å². The first-order valence-corrected chi connectivity index (χ1v) is 9.12. The van der Waals surface area contributed by atoms with Crippen LogP contribution in [0.2, 0.25) is 0 Å². The Morgan fingerprint density at radius 2 is 1.11 bits per heavy atom. The van der Waals surface area contributed by atoms with E-state index >= 15 is 0 Å². The summed E-state index contributed by atoms with van der Waals surface area (Å²) in [4.78, 5) is 0. The van der Waals surface area contributed by atoms with Crippen molar-refractivity contribution in [2.45, 2.75) is 73.9 Å². The van der Waals surface area contributed by atoms with Gasteiger partial charge in [-0.3, -0.25) is 0 Å². The van der Waals surface area contributed by atoms with Crippen molar-refractivity contribution in [2.75, 3.05) is 0 Å². The molecule has 0 aliphatic carbocycles. The molecule has 0 radical (unpaired) electrons. The lowest BCUT2D eigenvalue weighted by molar-refractivity contribution is -0.443. The second-order valence-corrected chi connectivity index (χ2v) is 7.73. The molecule has 0 bridgehead atoms. The van der Waals surface area contributed by atoms with Crippen molar-refractivity contribution < 1.29 is 80.1 Å². The number of alkyl halides is 16. The highest BCUT2D eigenvalue weighted by atomic mass is 19.4. The summed E-state index contributed by atoms with van der Waals surface area (Å²) in [6.07, 6.45) is -18.8. The summed E-state index contributed by atoms with van der Waals surface area (Å²) >= 11 is 0. The van der Waals surface area contributed by atoms with Crippen LogP contribution in [-0.4, -0.2) is 53.2 Å². The van der Waals surface area contributed by atoms with Crippen molar-refractivity contribution in [1.29, 1.82) is 0 Å². The van der Waals surface area contributed by atoms with E-state index in [2.05, 4.69) is 0 Å². The van der Waals surface area contributed by atoms with Gasteiger partial charge in [-0.25, -0.2) is 0 Å². The number of rotatable bonds is 9. The second-order valence-electron chi connectivity index (χ2n) is 7.73. The minimum Gasteiger partial charge on any atom is -0.491 e. The van der Waals surface area contributed by atoms with Crippen molar-refractivity contribution in [1.82, 2.24) is 0 Å². The van der Waals surface area contributed by atoms with Gasteiger partial charge >= 0.3 is 42.0 Å². The highest BCUT2D eigenvalue weighted by Crippen LogP contribution is 2.62. The van der Waals surface area contributed by atoms with Crippen molar-refractivity contribution >= 4 is 0 Å². The predicted octanol–water partition coefficient (Wildman–Crippen LogP) is 7.35. The van der Waals surface area contributed by atoms with Crippen LogP contribution < -0.4 is 4.74 Å². The normalized spacial score (nSPS) is 16.8. The standard InChI is InChI=1S/C18H14F16O2/c1-8(2)36-10-5-3-4-9(6-10)11(35,17(29,30)31)7-12(19,20)13(21,22)14(23,24)15(25,26)16(27,28)18(32,33)34/h3-6,8,35H,7H2,1-2H3. The summed E-state index contributed by atoms with van der Waals surface area (Å²) in [7, 11) is 0.